The summed E-state index contributed by atoms with van der Waals surface area (Å²) in [5.41, 5.74) is 3.55. The summed E-state index contributed by atoms with van der Waals surface area (Å²) in [6.07, 6.45) is 8.51. The third-order valence-corrected chi connectivity index (χ3v) is 9.98. The highest BCUT2D eigenvalue weighted by Crippen LogP contribution is 2.67. The third-order valence-electron chi connectivity index (χ3n) is 9.98. The molecule has 3 nitrogen and oxygen atoms in total. The molecule has 5 rings (SSSR count). The maximum Gasteiger partial charge on any atom is 0.186 e. The van der Waals surface area contributed by atoms with Crippen LogP contribution in [-0.2, 0) is 14.2 Å². The summed E-state index contributed by atoms with van der Waals surface area (Å²) in [4.78, 5) is 0. The van der Waals surface area contributed by atoms with Gasteiger partial charge in [-0.05, 0) is 74.3 Å². The lowest BCUT2D eigenvalue weighted by Gasteiger charge is -2.63. The summed E-state index contributed by atoms with van der Waals surface area (Å²) in [5, 5.41) is 0. The zero-order valence-corrected chi connectivity index (χ0v) is 18.6. The number of ether oxygens (including phenoxy) is 3. The first-order valence-corrected chi connectivity index (χ1v) is 11.4. The smallest absolute Gasteiger partial charge is 0.186 e. The Kier molecular flexibility index (Phi) is 3.96. The first-order valence-electron chi connectivity index (χ1n) is 11.4. The number of hydrogen-bond donors (Lipinski definition) is 0. The van der Waals surface area contributed by atoms with E-state index in [1.807, 2.05) is 13.0 Å². The van der Waals surface area contributed by atoms with Gasteiger partial charge in [0.05, 0.1) is 18.8 Å². The summed E-state index contributed by atoms with van der Waals surface area (Å²) in [7, 11) is 0. The van der Waals surface area contributed by atoms with Crippen molar-refractivity contribution >= 4 is 0 Å². The zero-order chi connectivity index (χ0) is 20.1. The molecule has 2 bridgehead atoms. The molecule has 0 spiro atoms. The Morgan fingerprint density at radius 1 is 1.07 bits per heavy atom. The van der Waals surface area contributed by atoms with Crippen LogP contribution in [0.4, 0.5) is 0 Å². The van der Waals surface area contributed by atoms with Crippen LogP contribution in [0, 0.1) is 28.1 Å². The maximum atomic E-state index is 6.77. The second kappa shape index (κ2) is 5.74. The monoisotopic (exact) mass is 386 g/mol. The molecule has 4 fully saturated rings. The Morgan fingerprint density at radius 2 is 1.82 bits per heavy atom. The molecule has 3 heteroatoms. The minimum absolute atomic E-state index is 0.0305. The molecule has 0 aromatic heterocycles. The molecule has 0 amide bonds. The molecule has 0 aromatic carbocycles. The van der Waals surface area contributed by atoms with Crippen LogP contribution in [0.25, 0.3) is 0 Å². The molecule has 3 aliphatic carbocycles. The Labute approximate surface area is 170 Å². The van der Waals surface area contributed by atoms with Crippen molar-refractivity contribution in [2.75, 3.05) is 6.61 Å². The summed E-state index contributed by atoms with van der Waals surface area (Å²) in [5.74, 6) is 0.615. The van der Waals surface area contributed by atoms with E-state index in [1.54, 1.807) is 0 Å². The minimum atomic E-state index is -0.697. The topological polar surface area (TPSA) is 27.7 Å². The van der Waals surface area contributed by atoms with Crippen molar-refractivity contribution in [1.29, 1.82) is 0 Å². The molecule has 156 valence electrons. The molecular weight excluding hydrogens is 348 g/mol. The Bertz CT molecular complexity index is 738. The van der Waals surface area contributed by atoms with Crippen LogP contribution in [0.3, 0.4) is 0 Å². The number of allylic oxidation sites excluding steroid dienone is 1. The fourth-order valence-corrected chi connectivity index (χ4v) is 7.53. The van der Waals surface area contributed by atoms with E-state index in [-0.39, 0.29) is 28.5 Å². The van der Waals surface area contributed by atoms with Crippen LogP contribution in [-0.4, -0.2) is 30.7 Å². The van der Waals surface area contributed by atoms with Gasteiger partial charge >= 0.3 is 0 Å². The summed E-state index contributed by atoms with van der Waals surface area (Å²) >= 11 is 0. The van der Waals surface area contributed by atoms with Gasteiger partial charge in [0, 0.05) is 11.3 Å². The van der Waals surface area contributed by atoms with Crippen molar-refractivity contribution in [1.82, 2.24) is 0 Å². The van der Waals surface area contributed by atoms with E-state index >= 15 is 0 Å². The predicted octanol–water partition coefficient (Wildman–Crippen LogP) is 5.65. The van der Waals surface area contributed by atoms with E-state index < -0.39 is 5.79 Å². The quantitative estimate of drug-likeness (QED) is 0.545. The number of hydrogen-bond acceptors (Lipinski definition) is 3. The molecule has 8 atom stereocenters. The summed E-state index contributed by atoms with van der Waals surface area (Å²) < 4.78 is 19.5. The fraction of sp³-hybridized carbons (Fsp3) is 0.840. The molecule has 28 heavy (non-hydrogen) atoms. The van der Waals surface area contributed by atoms with Crippen molar-refractivity contribution in [3.8, 4) is 0 Å². The second-order valence-electron chi connectivity index (χ2n) is 11.6. The summed E-state index contributed by atoms with van der Waals surface area (Å²) in [6, 6.07) is 0. The predicted molar refractivity (Wildman–Crippen MR) is 111 cm³/mol. The first-order chi connectivity index (χ1) is 13.0. The largest absolute Gasteiger partial charge is 0.377 e. The van der Waals surface area contributed by atoms with Gasteiger partial charge in [0.1, 0.15) is 6.10 Å². The third kappa shape index (κ3) is 2.27. The summed E-state index contributed by atoms with van der Waals surface area (Å²) in [6.45, 7) is 19.3. The van der Waals surface area contributed by atoms with Gasteiger partial charge < -0.3 is 14.2 Å². The number of rotatable bonds is 1. The molecule has 0 N–H and O–H groups in total. The van der Waals surface area contributed by atoms with Crippen molar-refractivity contribution in [2.24, 2.45) is 28.1 Å². The van der Waals surface area contributed by atoms with Gasteiger partial charge in [-0.25, -0.2) is 0 Å². The average molecular weight is 387 g/mol. The molecule has 2 heterocycles. The Morgan fingerprint density at radius 3 is 2.46 bits per heavy atom. The van der Waals surface area contributed by atoms with E-state index in [2.05, 4.69) is 41.2 Å². The first kappa shape index (κ1) is 19.3. The van der Waals surface area contributed by atoms with Gasteiger partial charge in [0.2, 0.25) is 0 Å². The van der Waals surface area contributed by atoms with E-state index in [4.69, 9.17) is 14.2 Å². The fourth-order valence-electron chi connectivity index (χ4n) is 7.53. The van der Waals surface area contributed by atoms with Gasteiger partial charge in [0.25, 0.3) is 0 Å². The van der Waals surface area contributed by atoms with Gasteiger partial charge in [-0.15, -0.1) is 0 Å². The molecular formula is C25H38O3. The van der Waals surface area contributed by atoms with Crippen molar-refractivity contribution in [3.05, 3.63) is 23.8 Å². The van der Waals surface area contributed by atoms with E-state index in [0.29, 0.717) is 17.9 Å². The van der Waals surface area contributed by atoms with E-state index in [1.165, 1.54) is 36.8 Å². The molecule has 0 radical (unpaired) electrons. The van der Waals surface area contributed by atoms with Crippen molar-refractivity contribution in [2.45, 2.75) is 97.7 Å². The highest BCUT2D eigenvalue weighted by atomic mass is 16.8. The molecule has 0 aromatic rings. The normalized spacial score (nSPS) is 54.6. The van der Waals surface area contributed by atoms with Crippen LogP contribution in [0.2, 0.25) is 0 Å². The lowest BCUT2D eigenvalue weighted by atomic mass is 9.44. The average Bonchev–Trinajstić information content (AvgIpc) is 2.94. The van der Waals surface area contributed by atoms with Crippen LogP contribution in [0.15, 0.2) is 23.8 Å². The standard InChI is InChI=1S/C25H38O3/c1-8-25(7)27-20-19-15(2)9-11-23(5,22(19,3)4)13-17-16-14-26-18(16)10-12-24(17,6)21(20)28-25/h8,16-18,20-21H,1,9-14H2,2-7H3/t16?,17?,18-,20-,21-,23+,24-,25?/m1/s1. The van der Waals surface area contributed by atoms with Gasteiger partial charge in [-0.2, -0.15) is 0 Å². The molecule has 3 unspecified atom stereocenters. The lowest BCUT2D eigenvalue weighted by molar-refractivity contribution is -0.228. The molecule has 5 aliphatic rings. The Hall–Kier alpha value is -0.640. The van der Waals surface area contributed by atoms with Crippen LogP contribution in [0.1, 0.15) is 73.6 Å². The van der Waals surface area contributed by atoms with Crippen LogP contribution < -0.4 is 0 Å². The minimum Gasteiger partial charge on any atom is -0.377 e. The highest BCUT2D eigenvalue weighted by Gasteiger charge is 2.66. The van der Waals surface area contributed by atoms with Crippen LogP contribution >= 0.6 is 0 Å². The van der Waals surface area contributed by atoms with Crippen molar-refractivity contribution < 1.29 is 14.2 Å². The van der Waals surface area contributed by atoms with Gasteiger partial charge in [-0.1, -0.05) is 39.8 Å². The van der Waals surface area contributed by atoms with E-state index in [0.717, 1.165) is 13.0 Å². The maximum absolute atomic E-state index is 6.77. The molecule has 2 saturated carbocycles. The van der Waals surface area contributed by atoms with Crippen molar-refractivity contribution in [3.63, 3.8) is 0 Å². The SMILES string of the molecule is C=CC1(C)O[C@@H]2C3=C(C)CC[C@@](C)(CC4C5CO[C@@H]5CC[C@@]4(C)[C@@H]2O1)C3(C)C. The highest BCUT2D eigenvalue weighted by molar-refractivity contribution is 5.35. The van der Waals surface area contributed by atoms with Gasteiger partial charge in [0.15, 0.2) is 5.79 Å². The lowest BCUT2D eigenvalue weighted by Crippen LogP contribution is -2.63. The zero-order valence-electron chi connectivity index (χ0n) is 18.6. The number of fused-ring (bicyclic) bond motifs is 8. The van der Waals surface area contributed by atoms with E-state index in [9.17, 15) is 0 Å². The molecule has 2 aliphatic heterocycles. The Balaban J connectivity index is 1.70. The van der Waals surface area contributed by atoms with Crippen LogP contribution in [0.5, 0.6) is 0 Å². The second-order valence-corrected chi connectivity index (χ2v) is 11.6. The molecule has 2 saturated heterocycles. The van der Waals surface area contributed by atoms with Gasteiger partial charge in [-0.3, -0.25) is 0 Å².